The Morgan fingerprint density at radius 1 is 0.889 bits per heavy atom. The zero-order chi connectivity index (χ0) is 19.2. The molecule has 3 amide bonds. The van der Waals surface area contributed by atoms with Gasteiger partial charge in [0.2, 0.25) is 11.8 Å². The van der Waals surface area contributed by atoms with E-state index in [9.17, 15) is 14.4 Å². The zero-order valence-corrected chi connectivity index (χ0v) is 15.0. The Bertz CT molecular complexity index is 867. The smallest absolute Gasteiger partial charge is 0.251 e. The Morgan fingerprint density at radius 2 is 1.48 bits per heavy atom. The molecule has 0 aromatic heterocycles. The predicted molar refractivity (Wildman–Crippen MR) is 105 cm³/mol. The molecule has 0 radical (unpaired) electrons. The number of anilines is 2. The van der Waals surface area contributed by atoms with Crippen LogP contribution < -0.4 is 16.0 Å². The van der Waals surface area contributed by atoms with Crippen molar-refractivity contribution in [2.24, 2.45) is 0 Å². The predicted octanol–water partition coefficient (Wildman–Crippen LogP) is 3.19. The van der Waals surface area contributed by atoms with E-state index in [4.69, 9.17) is 0 Å². The van der Waals surface area contributed by atoms with Crippen LogP contribution in [0.25, 0.3) is 6.08 Å². The summed E-state index contributed by atoms with van der Waals surface area (Å²) in [6.07, 6.45) is 5.20. The molecule has 1 saturated carbocycles. The van der Waals surface area contributed by atoms with E-state index in [0.29, 0.717) is 23.0 Å². The van der Waals surface area contributed by atoms with Crippen molar-refractivity contribution in [1.29, 1.82) is 0 Å². The average Bonchev–Trinajstić information content (AvgIpc) is 3.45. The van der Waals surface area contributed by atoms with E-state index < -0.39 is 0 Å². The number of carbonyl (C=O) groups is 3. The van der Waals surface area contributed by atoms with Crippen molar-refractivity contribution in [2.75, 3.05) is 10.6 Å². The second-order valence-corrected chi connectivity index (χ2v) is 6.45. The maximum Gasteiger partial charge on any atom is 0.251 e. The molecular weight excluding hydrogens is 342 g/mol. The molecule has 2 aromatic rings. The van der Waals surface area contributed by atoms with Crippen molar-refractivity contribution in [3.05, 3.63) is 65.7 Å². The molecule has 6 nitrogen and oxygen atoms in total. The minimum Gasteiger partial charge on any atom is -0.349 e. The van der Waals surface area contributed by atoms with Crippen LogP contribution in [0.3, 0.4) is 0 Å². The van der Waals surface area contributed by atoms with Gasteiger partial charge in [-0.3, -0.25) is 14.4 Å². The molecule has 27 heavy (non-hydrogen) atoms. The molecule has 0 unspecified atom stereocenters. The van der Waals surface area contributed by atoms with Gasteiger partial charge in [0.05, 0.1) is 0 Å². The zero-order valence-electron chi connectivity index (χ0n) is 15.0. The number of nitrogens with one attached hydrogen (secondary N) is 3. The summed E-state index contributed by atoms with van der Waals surface area (Å²) in [7, 11) is 0. The first-order valence-corrected chi connectivity index (χ1v) is 8.77. The first kappa shape index (κ1) is 18.4. The lowest BCUT2D eigenvalue weighted by Crippen LogP contribution is -2.25. The molecule has 138 valence electrons. The van der Waals surface area contributed by atoms with Gasteiger partial charge in [-0.25, -0.2) is 0 Å². The quantitative estimate of drug-likeness (QED) is 0.689. The van der Waals surface area contributed by atoms with Crippen molar-refractivity contribution in [3.63, 3.8) is 0 Å². The second kappa shape index (κ2) is 8.31. The van der Waals surface area contributed by atoms with Crippen LogP contribution in [0.4, 0.5) is 11.4 Å². The number of hydrogen-bond donors (Lipinski definition) is 3. The van der Waals surface area contributed by atoms with Crippen LogP contribution in [-0.2, 0) is 9.59 Å². The van der Waals surface area contributed by atoms with E-state index in [1.54, 1.807) is 42.5 Å². The normalized spacial score (nSPS) is 13.2. The molecule has 0 atom stereocenters. The van der Waals surface area contributed by atoms with E-state index in [-0.39, 0.29) is 17.7 Å². The van der Waals surface area contributed by atoms with Gasteiger partial charge in [-0.15, -0.1) is 0 Å². The number of rotatable bonds is 6. The summed E-state index contributed by atoms with van der Waals surface area (Å²) in [6.45, 7) is 1.45. The third-order valence-electron chi connectivity index (χ3n) is 3.99. The SMILES string of the molecule is CC(=O)Nc1ccc(C=CC(=O)Nc2ccc(C(=O)NC3CC3)cc2)cc1. The summed E-state index contributed by atoms with van der Waals surface area (Å²) in [5.41, 5.74) is 2.74. The van der Waals surface area contributed by atoms with Gasteiger partial charge >= 0.3 is 0 Å². The summed E-state index contributed by atoms with van der Waals surface area (Å²) in [6, 6.07) is 14.3. The monoisotopic (exact) mass is 363 g/mol. The van der Waals surface area contributed by atoms with E-state index in [0.717, 1.165) is 18.4 Å². The molecule has 0 saturated heterocycles. The first-order valence-electron chi connectivity index (χ1n) is 8.77. The highest BCUT2D eigenvalue weighted by Gasteiger charge is 2.23. The molecule has 1 aliphatic rings. The van der Waals surface area contributed by atoms with Gasteiger partial charge in [-0.2, -0.15) is 0 Å². The molecule has 3 rings (SSSR count). The van der Waals surface area contributed by atoms with Gasteiger partial charge < -0.3 is 16.0 Å². The molecule has 1 aliphatic carbocycles. The van der Waals surface area contributed by atoms with E-state index >= 15 is 0 Å². The average molecular weight is 363 g/mol. The highest BCUT2D eigenvalue weighted by atomic mass is 16.2. The number of carbonyl (C=O) groups excluding carboxylic acids is 3. The highest BCUT2D eigenvalue weighted by molar-refractivity contribution is 6.02. The Balaban J connectivity index is 1.52. The number of amides is 3. The number of benzene rings is 2. The molecule has 1 fully saturated rings. The van der Waals surface area contributed by atoms with E-state index in [2.05, 4.69) is 16.0 Å². The molecule has 2 aromatic carbocycles. The summed E-state index contributed by atoms with van der Waals surface area (Å²) >= 11 is 0. The first-order chi connectivity index (χ1) is 13.0. The van der Waals surface area contributed by atoms with Crippen molar-refractivity contribution in [3.8, 4) is 0 Å². The summed E-state index contributed by atoms with van der Waals surface area (Å²) < 4.78 is 0. The van der Waals surface area contributed by atoms with Crippen LogP contribution in [0, 0.1) is 0 Å². The molecule has 0 spiro atoms. The largest absolute Gasteiger partial charge is 0.349 e. The molecule has 6 heteroatoms. The van der Waals surface area contributed by atoms with Crippen LogP contribution in [0.5, 0.6) is 0 Å². The maximum absolute atomic E-state index is 12.0. The fraction of sp³-hybridized carbons (Fsp3) is 0.190. The van der Waals surface area contributed by atoms with Crippen molar-refractivity contribution in [2.45, 2.75) is 25.8 Å². The van der Waals surface area contributed by atoms with Gasteiger partial charge in [0.1, 0.15) is 0 Å². The van der Waals surface area contributed by atoms with Crippen LogP contribution in [0.15, 0.2) is 54.6 Å². The van der Waals surface area contributed by atoms with Gasteiger partial charge in [0, 0.05) is 36.0 Å². The van der Waals surface area contributed by atoms with Crippen molar-refractivity contribution < 1.29 is 14.4 Å². The van der Waals surface area contributed by atoms with Crippen molar-refractivity contribution >= 4 is 35.2 Å². The van der Waals surface area contributed by atoms with Gasteiger partial charge in [-0.05, 0) is 60.9 Å². The molecular formula is C21H21N3O3. The second-order valence-electron chi connectivity index (χ2n) is 6.45. The summed E-state index contributed by atoms with van der Waals surface area (Å²) in [5.74, 6) is -0.484. The lowest BCUT2D eigenvalue weighted by atomic mass is 10.2. The minimum atomic E-state index is -0.267. The van der Waals surface area contributed by atoms with Gasteiger partial charge in [0.15, 0.2) is 0 Å². The highest BCUT2D eigenvalue weighted by Crippen LogP contribution is 2.19. The molecule has 3 N–H and O–H groups in total. The molecule has 0 bridgehead atoms. The molecule has 0 aliphatic heterocycles. The topological polar surface area (TPSA) is 87.3 Å². The lowest BCUT2D eigenvalue weighted by molar-refractivity contribution is -0.114. The summed E-state index contributed by atoms with van der Waals surface area (Å²) in [5, 5.41) is 8.36. The fourth-order valence-corrected chi connectivity index (χ4v) is 2.44. The Kier molecular flexibility index (Phi) is 5.66. The third-order valence-corrected chi connectivity index (χ3v) is 3.99. The van der Waals surface area contributed by atoms with Gasteiger partial charge in [0.25, 0.3) is 5.91 Å². The minimum absolute atomic E-state index is 0.0852. The lowest BCUT2D eigenvalue weighted by Gasteiger charge is -2.05. The van der Waals surface area contributed by atoms with E-state index in [1.807, 2.05) is 12.1 Å². The van der Waals surface area contributed by atoms with Crippen molar-refractivity contribution in [1.82, 2.24) is 5.32 Å². The Hall–Kier alpha value is -3.41. The maximum atomic E-state index is 12.0. The Morgan fingerprint density at radius 3 is 2.07 bits per heavy atom. The van der Waals surface area contributed by atoms with Crippen LogP contribution in [0.2, 0.25) is 0 Å². The van der Waals surface area contributed by atoms with Crippen LogP contribution in [-0.4, -0.2) is 23.8 Å². The Labute approximate surface area is 157 Å². The van der Waals surface area contributed by atoms with Crippen LogP contribution in [0.1, 0.15) is 35.7 Å². The summed E-state index contributed by atoms with van der Waals surface area (Å²) in [4.78, 5) is 35.0. The number of hydrogen-bond acceptors (Lipinski definition) is 3. The standard InChI is InChI=1S/C21H21N3O3/c1-14(25)22-17-7-2-15(3-8-17)4-13-20(26)23-18-9-5-16(6-10-18)21(27)24-19-11-12-19/h2-10,13,19H,11-12H2,1H3,(H,22,25)(H,23,26)(H,24,27). The van der Waals surface area contributed by atoms with Crippen LogP contribution >= 0.6 is 0 Å². The molecule has 0 heterocycles. The third kappa shape index (κ3) is 5.81. The van der Waals surface area contributed by atoms with E-state index in [1.165, 1.54) is 13.0 Å². The van der Waals surface area contributed by atoms with Gasteiger partial charge in [-0.1, -0.05) is 12.1 Å². The fourth-order valence-electron chi connectivity index (χ4n) is 2.44.